The molecule has 3 aromatic carbocycles. The molecule has 0 spiro atoms. The lowest BCUT2D eigenvalue weighted by Crippen LogP contribution is -2.39. The maximum atomic E-state index is 12.7. The highest BCUT2D eigenvalue weighted by Crippen LogP contribution is 2.38. The number of fused-ring (bicyclic) bond motifs is 2. The van der Waals surface area contributed by atoms with Crippen molar-refractivity contribution in [3.8, 4) is 0 Å². The second kappa shape index (κ2) is 14.0. The Kier molecular flexibility index (Phi) is 10.2. The molecule has 2 aliphatic rings. The molecule has 0 saturated carbocycles. The third-order valence-corrected chi connectivity index (χ3v) is 8.53. The first kappa shape index (κ1) is 34.3. The molecule has 252 valence electrons. The minimum absolute atomic E-state index is 0.292. The summed E-state index contributed by atoms with van der Waals surface area (Å²) in [5.41, 5.74) is 14.3. The second-order valence-corrected chi connectivity index (χ2v) is 14.7. The van der Waals surface area contributed by atoms with Gasteiger partial charge in [-0.3, -0.25) is 5.01 Å². The van der Waals surface area contributed by atoms with Crippen molar-refractivity contribution >= 4 is 23.4 Å². The summed E-state index contributed by atoms with van der Waals surface area (Å²) in [7, 11) is 0. The molecule has 2 aliphatic heterocycles. The third kappa shape index (κ3) is 8.64. The van der Waals surface area contributed by atoms with E-state index in [1.54, 1.807) is 4.90 Å². The highest BCUT2D eigenvalue weighted by Gasteiger charge is 2.28. The molecular formula is C38H50N4O5. The Balaban J connectivity index is 1.14. The molecule has 9 heteroatoms. The zero-order valence-corrected chi connectivity index (χ0v) is 28.9. The van der Waals surface area contributed by atoms with Crippen molar-refractivity contribution in [1.82, 2.24) is 10.4 Å². The van der Waals surface area contributed by atoms with E-state index in [0.29, 0.717) is 18.7 Å². The number of hydrazine groups is 2. The first-order valence-electron chi connectivity index (χ1n) is 16.7. The number of aliphatic hydroxyl groups is 1. The van der Waals surface area contributed by atoms with E-state index in [-0.39, 0.29) is 12.1 Å². The van der Waals surface area contributed by atoms with Gasteiger partial charge in [0.05, 0.1) is 16.9 Å². The van der Waals surface area contributed by atoms with Crippen molar-refractivity contribution in [3.05, 3.63) is 93.5 Å². The number of unbranched alkanes of at least 4 members (excludes halogenated alkanes) is 2. The van der Waals surface area contributed by atoms with Gasteiger partial charge in [-0.15, -0.1) is 5.53 Å². The van der Waals surface area contributed by atoms with Crippen LogP contribution in [0.5, 0.6) is 0 Å². The van der Waals surface area contributed by atoms with Crippen LogP contribution in [0.3, 0.4) is 0 Å². The molecule has 0 aromatic heterocycles. The van der Waals surface area contributed by atoms with E-state index in [1.165, 1.54) is 11.1 Å². The third-order valence-electron chi connectivity index (χ3n) is 8.53. The van der Waals surface area contributed by atoms with Crippen LogP contribution < -0.4 is 16.0 Å². The highest BCUT2D eigenvalue weighted by atomic mass is 16.6. The Morgan fingerprint density at radius 2 is 1.62 bits per heavy atom. The molecule has 5 rings (SSSR count). The average Bonchev–Trinajstić information content (AvgIpc) is 3.42. The van der Waals surface area contributed by atoms with Gasteiger partial charge in [-0.1, -0.05) is 42.8 Å². The van der Waals surface area contributed by atoms with E-state index in [2.05, 4.69) is 28.1 Å². The lowest BCUT2D eigenvalue weighted by molar-refractivity contribution is 0.00686. The Bertz CT molecular complexity index is 1590. The zero-order valence-electron chi connectivity index (χ0n) is 28.9. The normalized spacial score (nSPS) is 15.1. The number of rotatable bonds is 9. The summed E-state index contributed by atoms with van der Waals surface area (Å²) in [5.74, 6) is -0.292. The number of anilines is 2. The maximum Gasteiger partial charge on any atom is 0.410 e. The molecule has 0 saturated heterocycles. The van der Waals surface area contributed by atoms with E-state index < -0.39 is 17.3 Å². The molecule has 0 bridgehead atoms. The average molecular weight is 643 g/mol. The molecule has 3 aromatic rings. The van der Waals surface area contributed by atoms with Gasteiger partial charge < -0.3 is 24.9 Å². The van der Waals surface area contributed by atoms with Crippen molar-refractivity contribution in [2.75, 3.05) is 23.5 Å². The standard InChI is InChI=1S/C38H50N4O5/c1-25-31(34(43)29-17-16-27-20-22-41(24-30(27)23-29)36(45)47-38(5,6)7)18-19-32-33(25)39-40-42(32)21-10-8-9-11-26-12-14-28(15-13-26)35(44)46-37(2,3)4/h12-19,23,34,39-40,43H,8-11,20-22,24H2,1-7H3. The monoisotopic (exact) mass is 642 g/mol. The number of carbonyl (C=O) groups excluding carboxylic acids is 2. The molecule has 1 unspecified atom stereocenters. The number of amides is 1. The van der Waals surface area contributed by atoms with Gasteiger partial charge >= 0.3 is 12.1 Å². The van der Waals surface area contributed by atoms with Crippen molar-refractivity contribution < 1.29 is 24.2 Å². The van der Waals surface area contributed by atoms with E-state index in [0.717, 1.165) is 72.3 Å². The van der Waals surface area contributed by atoms with Crippen molar-refractivity contribution in [3.63, 3.8) is 0 Å². The van der Waals surface area contributed by atoms with Gasteiger partial charge in [0.1, 0.15) is 17.3 Å². The van der Waals surface area contributed by atoms with Crippen LogP contribution in [0.25, 0.3) is 0 Å². The summed E-state index contributed by atoms with van der Waals surface area (Å²) < 4.78 is 11.0. The summed E-state index contributed by atoms with van der Waals surface area (Å²) in [5, 5.41) is 13.6. The van der Waals surface area contributed by atoms with Gasteiger partial charge in [0.2, 0.25) is 0 Å². The number of hydrogen-bond donors (Lipinski definition) is 3. The predicted octanol–water partition coefficient (Wildman–Crippen LogP) is 7.39. The van der Waals surface area contributed by atoms with Gasteiger partial charge in [0, 0.05) is 19.6 Å². The van der Waals surface area contributed by atoms with E-state index in [4.69, 9.17) is 9.47 Å². The molecular weight excluding hydrogens is 592 g/mol. The summed E-state index contributed by atoms with van der Waals surface area (Å²) in [4.78, 5) is 26.7. The van der Waals surface area contributed by atoms with Crippen LogP contribution in [0.2, 0.25) is 0 Å². The molecule has 0 radical (unpaired) electrons. The number of hydrogen-bond acceptors (Lipinski definition) is 8. The summed E-state index contributed by atoms with van der Waals surface area (Å²) in [6, 6.07) is 17.9. The summed E-state index contributed by atoms with van der Waals surface area (Å²) in [6.07, 6.45) is 3.76. The smallest absolute Gasteiger partial charge is 0.410 e. The fourth-order valence-corrected chi connectivity index (χ4v) is 6.08. The quantitative estimate of drug-likeness (QED) is 0.164. The minimum atomic E-state index is -0.795. The number of aliphatic hydroxyl groups excluding tert-OH is 1. The lowest BCUT2D eigenvalue weighted by Gasteiger charge is -2.31. The van der Waals surface area contributed by atoms with Gasteiger partial charge in [-0.05, 0) is 126 Å². The highest BCUT2D eigenvalue weighted by molar-refractivity contribution is 5.89. The van der Waals surface area contributed by atoms with E-state index in [1.807, 2.05) is 90.9 Å². The first-order valence-corrected chi connectivity index (χ1v) is 16.7. The van der Waals surface area contributed by atoms with Crippen LogP contribution >= 0.6 is 0 Å². The van der Waals surface area contributed by atoms with Gasteiger partial charge in [0.15, 0.2) is 0 Å². The van der Waals surface area contributed by atoms with Crippen LogP contribution in [0.1, 0.15) is 111 Å². The zero-order chi connectivity index (χ0) is 33.9. The Morgan fingerprint density at radius 3 is 2.32 bits per heavy atom. The second-order valence-electron chi connectivity index (χ2n) is 14.7. The SMILES string of the molecule is Cc1c(C(O)c2ccc3c(c2)CN(C(=O)OC(C)(C)C)CC3)ccc2c1NNN2CCCCCc1ccc(C(=O)OC(C)(C)C)cc1. The van der Waals surface area contributed by atoms with Crippen molar-refractivity contribution in [1.29, 1.82) is 0 Å². The lowest BCUT2D eigenvalue weighted by atomic mass is 9.91. The number of nitrogens with zero attached hydrogens (tertiary/aromatic N) is 2. The number of benzene rings is 3. The summed E-state index contributed by atoms with van der Waals surface area (Å²) in [6.45, 7) is 15.2. The maximum absolute atomic E-state index is 12.7. The number of nitrogens with one attached hydrogen (secondary N) is 2. The number of esters is 1. The number of carbonyl (C=O) groups is 2. The van der Waals surface area contributed by atoms with Gasteiger partial charge in [-0.25, -0.2) is 9.59 Å². The molecule has 2 heterocycles. The van der Waals surface area contributed by atoms with Crippen LogP contribution in [0.15, 0.2) is 54.6 Å². The van der Waals surface area contributed by atoms with Crippen LogP contribution in [-0.4, -0.2) is 46.4 Å². The molecule has 9 nitrogen and oxygen atoms in total. The fraction of sp³-hybridized carbons (Fsp3) is 0.474. The Labute approximate surface area is 279 Å². The van der Waals surface area contributed by atoms with Gasteiger partial charge in [-0.2, -0.15) is 0 Å². The van der Waals surface area contributed by atoms with E-state index >= 15 is 0 Å². The molecule has 0 fully saturated rings. The molecule has 3 N–H and O–H groups in total. The predicted molar refractivity (Wildman–Crippen MR) is 185 cm³/mol. The topological polar surface area (TPSA) is 103 Å². The van der Waals surface area contributed by atoms with Crippen LogP contribution in [-0.2, 0) is 28.9 Å². The number of aryl methyl sites for hydroxylation is 1. The van der Waals surface area contributed by atoms with E-state index in [9.17, 15) is 14.7 Å². The van der Waals surface area contributed by atoms with Crippen molar-refractivity contribution in [2.24, 2.45) is 0 Å². The Hall–Kier alpha value is -4.08. The number of ether oxygens (including phenoxy) is 2. The molecule has 47 heavy (non-hydrogen) atoms. The van der Waals surface area contributed by atoms with Gasteiger partial charge in [0.25, 0.3) is 0 Å². The fourth-order valence-electron chi connectivity index (χ4n) is 6.08. The van der Waals surface area contributed by atoms with Crippen molar-refractivity contribution in [2.45, 2.75) is 104 Å². The Morgan fingerprint density at radius 1 is 0.894 bits per heavy atom. The largest absolute Gasteiger partial charge is 0.456 e. The summed E-state index contributed by atoms with van der Waals surface area (Å²) >= 11 is 0. The van der Waals surface area contributed by atoms with Crippen LogP contribution in [0, 0.1) is 6.92 Å². The van der Waals surface area contributed by atoms with Crippen LogP contribution in [0.4, 0.5) is 16.2 Å². The minimum Gasteiger partial charge on any atom is -0.456 e. The molecule has 1 amide bonds. The first-order chi connectivity index (χ1) is 22.2. The molecule has 1 atom stereocenters. The molecule has 0 aliphatic carbocycles.